The van der Waals surface area contributed by atoms with E-state index in [2.05, 4.69) is 14.8 Å². The van der Waals surface area contributed by atoms with Crippen LogP contribution in [0.4, 0.5) is 20.3 Å². The highest BCUT2D eigenvalue weighted by Crippen LogP contribution is 2.32. The number of amides is 1. The van der Waals surface area contributed by atoms with Gasteiger partial charge in [0.15, 0.2) is 17.4 Å². The fourth-order valence-electron chi connectivity index (χ4n) is 5.49. The van der Waals surface area contributed by atoms with Crippen molar-refractivity contribution >= 4 is 44.1 Å². The molecule has 0 spiro atoms. The van der Waals surface area contributed by atoms with Crippen LogP contribution in [0.1, 0.15) is 40.0 Å². The molecule has 14 heteroatoms. The van der Waals surface area contributed by atoms with Gasteiger partial charge in [-0.25, -0.2) is 21.9 Å². The van der Waals surface area contributed by atoms with Gasteiger partial charge in [0.2, 0.25) is 21.7 Å². The van der Waals surface area contributed by atoms with Gasteiger partial charge in [0.1, 0.15) is 23.0 Å². The van der Waals surface area contributed by atoms with Crippen LogP contribution in [0.2, 0.25) is 0 Å². The molecule has 0 radical (unpaired) electrons. The van der Waals surface area contributed by atoms with Crippen molar-refractivity contribution in [3.8, 4) is 17.2 Å². The minimum absolute atomic E-state index is 0.00936. The zero-order valence-electron chi connectivity index (χ0n) is 24.9. The van der Waals surface area contributed by atoms with Gasteiger partial charge in [-0.1, -0.05) is 12.1 Å². The lowest BCUT2D eigenvalue weighted by atomic mass is 10.1. The maximum atomic E-state index is 15.3. The molecule has 3 heterocycles. The number of hydrogen-bond acceptors (Lipinski definition) is 7. The molecule has 1 saturated heterocycles. The highest BCUT2D eigenvalue weighted by atomic mass is 32.2. The monoisotopic (exact) mass is 648 g/mol. The van der Waals surface area contributed by atoms with Gasteiger partial charge < -0.3 is 20.4 Å². The molecular formula is C32H30F2N6O5S. The number of nitrogen functional groups attached to an aromatic ring is 1. The lowest BCUT2D eigenvalue weighted by molar-refractivity contribution is -0.127. The summed E-state index contributed by atoms with van der Waals surface area (Å²) in [7, 11) is -3.98. The topological polar surface area (TPSA) is 152 Å². The van der Waals surface area contributed by atoms with E-state index in [4.69, 9.17) is 10.5 Å². The molecule has 11 nitrogen and oxygen atoms in total. The van der Waals surface area contributed by atoms with Gasteiger partial charge in [-0.15, -0.1) is 0 Å². The second-order valence-corrected chi connectivity index (χ2v) is 12.9. The molecule has 0 saturated carbocycles. The third-order valence-electron chi connectivity index (χ3n) is 7.80. The van der Waals surface area contributed by atoms with Crippen LogP contribution >= 0.6 is 0 Å². The number of carbonyl (C=O) groups excluding carboxylic acids is 2. The van der Waals surface area contributed by atoms with Crippen molar-refractivity contribution in [1.82, 2.24) is 19.7 Å². The molecule has 0 aliphatic carbocycles. The maximum absolute atomic E-state index is 15.3. The average molecular weight is 649 g/mol. The first-order chi connectivity index (χ1) is 21.9. The van der Waals surface area contributed by atoms with Crippen LogP contribution in [-0.4, -0.2) is 58.6 Å². The lowest BCUT2D eigenvalue weighted by Crippen LogP contribution is -2.35. The number of carbonyl (C=O) groups is 2. The largest absolute Gasteiger partial charge is 0.454 e. The number of rotatable bonds is 9. The van der Waals surface area contributed by atoms with Crippen molar-refractivity contribution in [3.63, 3.8) is 0 Å². The Labute approximate surface area is 263 Å². The van der Waals surface area contributed by atoms with Crippen molar-refractivity contribution in [2.45, 2.75) is 26.7 Å². The van der Waals surface area contributed by atoms with Crippen LogP contribution in [0.5, 0.6) is 11.5 Å². The number of nitrogens with zero attached hydrogens (tertiary/aromatic N) is 3. The Balaban J connectivity index is 1.23. The lowest BCUT2D eigenvalue weighted by Gasteiger charge is -2.16. The van der Waals surface area contributed by atoms with Crippen molar-refractivity contribution in [3.05, 3.63) is 94.8 Å². The number of aromatic amines is 1. The number of H-pyrrole nitrogens is 1. The number of aryl methyl sites for hydroxylation is 2. The smallest absolute Gasteiger partial charge is 0.241 e. The summed E-state index contributed by atoms with van der Waals surface area (Å²) in [6, 6.07) is 13.2. The molecule has 1 aliphatic heterocycles. The van der Waals surface area contributed by atoms with Crippen molar-refractivity contribution < 1.29 is 31.5 Å². The summed E-state index contributed by atoms with van der Waals surface area (Å²) in [4.78, 5) is 30.5. The van der Waals surface area contributed by atoms with Gasteiger partial charge in [-0.2, -0.15) is 5.10 Å². The van der Waals surface area contributed by atoms with E-state index in [1.807, 2.05) is 0 Å². The van der Waals surface area contributed by atoms with Crippen molar-refractivity contribution in [1.29, 1.82) is 0 Å². The number of aromatic nitrogens is 3. The molecular weight excluding hydrogens is 618 g/mol. The molecule has 3 aromatic carbocycles. The van der Waals surface area contributed by atoms with Crippen LogP contribution in [0.25, 0.3) is 16.6 Å². The maximum Gasteiger partial charge on any atom is 0.241 e. The van der Waals surface area contributed by atoms with Gasteiger partial charge in [0.25, 0.3) is 0 Å². The molecule has 46 heavy (non-hydrogen) atoms. The third-order valence-corrected chi connectivity index (χ3v) is 8.96. The molecule has 1 aliphatic rings. The second-order valence-electron chi connectivity index (χ2n) is 11.2. The number of para-hydroxylation sites is 1. The molecule has 5 aromatic rings. The van der Waals surface area contributed by atoms with E-state index < -0.39 is 39.1 Å². The molecule has 238 valence electrons. The Morgan fingerprint density at radius 3 is 2.48 bits per heavy atom. The molecule has 1 fully saturated rings. The Morgan fingerprint density at radius 1 is 1.02 bits per heavy atom. The number of fused-ring (bicyclic) bond motifs is 1. The van der Waals surface area contributed by atoms with Crippen LogP contribution in [0.3, 0.4) is 0 Å². The van der Waals surface area contributed by atoms with Crippen LogP contribution in [0.15, 0.2) is 60.8 Å². The Hall–Kier alpha value is -5.24. The minimum Gasteiger partial charge on any atom is -0.454 e. The van der Waals surface area contributed by atoms with Crippen LogP contribution in [0, 0.1) is 25.5 Å². The second kappa shape index (κ2) is 11.9. The zero-order valence-corrected chi connectivity index (χ0v) is 25.7. The Morgan fingerprint density at radius 2 is 1.76 bits per heavy atom. The highest BCUT2D eigenvalue weighted by Gasteiger charge is 2.26. The number of halogens is 2. The van der Waals surface area contributed by atoms with Crippen LogP contribution < -0.4 is 15.2 Å². The number of ketones is 1. The SMILES string of the molecule is Cc1cc2cc(C(=O)c3cnn(-c4c(C)cc(Oc5ccccc5F)cc4F)c3N)[nH]c2cc1NS(=O)(=O)CC(=O)N1CCCC1. The summed E-state index contributed by atoms with van der Waals surface area (Å²) in [6.07, 6.45) is 2.94. The molecule has 2 aromatic heterocycles. The first-order valence-corrected chi connectivity index (χ1v) is 16.1. The van der Waals surface area contributed by atoms with E-state index in [0.717, 1.165) is 23.6 Å². The van der Waals surface area contributed by atoms with Gasteiger partial charge >= 0.3 is 0 Å². The summed E-state index contributed by atoms with van der Waals surface area (Å²) < 4.78 is 64.0. The number of sulfonamides is 1. The molecule has 0 bridgehead atoms. The molecule has 0 atom stereocenters. The van der Waals surface area contributed by atoms with Crippen molar-refractivity contribution in [2.24, 2.45) is 0 Å². The Bertz CT molecular complexity index is 2100. The van der Waals surface area contributed by atoms with Gasteiger partial charge in [0, 0.05) is 30.1 Å². The summed E-state index contributed by atoms with van der Waals surface area (Å²) in [5, 5.41) is 4.80. The first-order valence-electron chi connectivity index (χ1n) is 14.4. The van der Waals surface area contributed by atoms with E-state index >= 15 is 4.39 Å². The molecule has 4 N–H and O–H groups in total. The fourth-order valence-corrected chi connectivity index (χ4v) is 6.63. The summed E-state index contributed by atoms with van der Waals surface area (Å²) in [5.74, 6) is -3.09. The number of hydrogen-bond donors (Lipinski definition) is 3. The van der Waals surface area contributed by atoms with Gasteiger partial charge in [-0.3, -0.25) is 14.3 Å². The summed E-state index contributed by atoms with van der Waals surface area (Å²) >= 11 is 0. The molecule has 1 amide bonds. The molecule has 0 unspecified atom stereocenters. The number of anilines is 2. The number of likely N-dealkylation sites (tertiary alicyclic amines) is 1. The van der Waals surface area contributed by atoms with Gasteiger partial charge in [-0.05, 0) is 74.2 Å². The van der Waals surface area contributed by atoms with E-state index in [1.165, 1.54) is 30.5 Å². The standard InChI is InChI=1S/C32H30F2N6O5S/c1-18-11-20-13-27(37-26(20)15-25(18)38-46(43,44)17-29(41)39-9-5-6-10-39)31(42)22-16-36-40(32(22)35)30-19(2)12-21(14-24(30)34)45-28-8-4-3-7-23(28)33/h3-4,7-8,11-16,37-38H,5-6,9-10,17,35H2,1-2H3. The zero-order chi connectivity index (χ0) is 32.7. The summed E-state index contributed by atoms with van der Waals surface area (Å²) in [6.45, 7) is 4.41. The number of nitrogens with two attached hydrogens (primary N) is 1. The first kappa shape index (κ1) is 30.8. The van der Waals surface area contributed by atoms with Crippen LogP contribution in [-0.2, 0) is 14.8 Å². The fraction of sp³-hybridized carbons (Fsp3) is 0.219. The minimum atomic E-state index is -3.98. The number of nitrogens with one attached hydrogen (secondary N) is 2. The highest BCUT2D eigenvalue weighted by molar-refractivity contribution is 7.93. The predicted molar refractivity (Wildman–Crippen MR) is 169 cm³/mol. The van der Waals surface area contributed by atoms with E-state index in [-0.39, 0.29) is 39.9 Å². The third kappa shape index (κ3) is 6.03. The summed E-state index contributed by atoms with van der Waals surface area (Å²) in [5.41, 5.74) is 8.14. The van der Waals surface area contributed by atoms with Crippen molar-refractivity contribution in [2.75, 3.05) is 29.3 Å². The van der Waals surface area contributed by atoms with E-state index in [1.54, 1.807) is 43.0 Å². The number of ether oxygens (including phenoxy) is 1. The van der Waals surface area contributed by atoms with Gasteiger partial charge in [0.05, 0.1) is 23.1 Å². The Kier molecular flexibility index (Phi) is 7.98. The molecule has 6 rings (SSSR count). The quantitative estimate of drug-likeness (QED) is 0.185. The normalized spacial score (nSPS) is 13.3. The van der Waals surface area contributed by atoms with E-state index in [9.17, 15) is 22.4 Å². The average Bonchev–Trinajstić information content (AvgIpc) is 3.75. The number of benzene rings is 3. The van der Waals surface area contributed by atoms with E-state index in [0.29, 0.717) is 35.1 Å². The predicted octanol–water partition coefficient (Wildman–Crippen LogP) is 5.22.